The number of rotatable bonds is 10. The van der Waals surface area contributed by atoms with Gasteiger partial charge in [0.2, 0.25) is 0 Å². The second-order valence-electron chi connectivity index (χ2n) is 7.59. The molecule has 0 aromatic rings. The Morgan fingerprint density at radius 2 is 1.70 bits per heavy atom. The molecule has 0 radical (unpaired) electrons. The molecule has 0 amide bonds. The van der Waals surface area contributed by atoms with Crippen molar-refractivity contribution in [1.29, 1.82) is 0 Å². The summed E-state index contributed by atoms with van der Waals surface area (Å²) in [6.07, 6.45) is 8.03. The molecule has 0 saturated carbocycles. The van der Waals surface area contributed by atoms with Crippen molar-refractivity contribution >= 4 is 14.1 Å². The lowest BCUT2D eigenvalue weighted by Gasteiger charge is -2.39. The van der Waals surface area contributed by atoms with Crippen LogP contribution in [0.4, 0.5) is 0 Å². The van der Waals surface area contributed by atoms with Gasteiger partial charge in [-0.3, -0.25) is 0 Å². The van der Waals surface area contributed by atoms with Gasteiger partial charge in [-0.15, -0.1) is 0 Å². The molecular formula is C17H36O2Si. The minimum absolute atomic E-state index is 0.241. The molecule has 0 rings (SSSR count). The third kappa shape index (κ3) is 8.20. The summed E-state index contributed by atoms with van der Waals surface area (Å²) in [5.41, 5.74) is 0. The molecule has 0 fully saturated rings. The normalized spacial score (nSPS) is 14.3. The molecule has 3 heteroatoms. The zero-order chi connectivity index (χ0) is 15.8. The molecule has 0 heterocycles. The lowest BCUT2D eigenvalue weighted by atomic mass is 10.0. The smallest absolute Gasteiger partial charge is 0.192 e. The van der Waals surface area contributed by atoms with E-state index in [1.165, 1.54) is 25.7 Å². The van der Waals surface area contributed by atoms with Crippen molar-refractivity contribution in [2.24, 2.45) is 0 Å². The fourth-order valence-corrected chi connectivity index (χ4v) is 3.44. The lowest BCUT2D eigenvalue weighted by Crippen LogP contribution is -2.44. The van der Waals surface area contributed by atoms with Gasteiger partial charge in [0.1, 0.15) is 5.78 Å². The van der Waals surface area contributed by atoms with Gasteiger partial charge in [-0.2, -0.15) is 0 Å². The van der Waals surface area contributed by atoms with E-state index >= 15 is 0 Å². The summed E-state index contributed by atoms with van der Waals surface area (Å²) in [7, 11) is -1.72. The Balaban J connectivity index is 4.47. The zero-order valence-corrected chi connectivity index (χ0v) is 15.8. The maximum Gasteiger partial charge on any atom is 0.192 e. The first-order valence-corrected chi connectivity index (χ1v) is 11.2. The van der Waals surface area contributed by atoms with Gasteiger partial charge in [0.25, 0.3) is 0 Å². The second kappa shape index (κ2) is 8.99. The van der Waals surface area contributed by atoms with Crippen LogP contribution >= 0.6 is 0 Å². The van der Waals surface area contributed by atoms with Crippen LogP contribution in [0.15, 0.2) is 0 Å². The molecule has 0 saturated heterocycles. The van der Waals surface area contributed by atoms with E-state index in [1.54, 1.807) is 6.92 Å². The van der Waals surface area contributed by atoms with Gasteiger partial charge in [-0.25, -0.2) is 0 Å². The quantitative estimate of drug-likeness (QED) is 0.381. The molecule has 0 aliphatic rings. The Hall–Kier alpha value is -0.153. The Labute approximate surface area is 127 Å². The number of hydrogen-bond donors (Lipinski definition) is 0. The van der Waals surface area contributed by atoms with Crippen molar-refractivity contribution in [1.82, 2.24) is 0 Å². The average Bonchev–Trinajstić information content (AvgIpc) is 2.29. The van der Waals surface area contributed by atoms with Crippen molar-refractivity contribution in [3.63, 3.8) is 0 Å². The molecule has 0 N–H and O–H groups in total. The van der Waals surface area contributed by atoms with Gasteiger partial charge >= 0.3 is 0 Å². The number of unbranched alkanes of at least 4 members (excludes halogenated alkanes) is 3. The summed E-state index contributed by atoms with van der Waals surface area (Å²) < 4.78 is 6.52. The first-order chi connectivity index (χ1) is 9.10. The van der Waals surface area contributed by atoms with Crippen LogP contribution in [0, 0.1) is 0 Å². The van der Waals surface area contributed by atoms with Crippen molar-refractivity contribution in [3.05, 3.63) is 0 Å². The molecule has 0 aromatic carbocycles. The maximum atomic E-state index is 11.2. The van der Waals surface area contributed by atoms with E-state index < -0.39 is 8.32 Å². The Morgan fingerprint density at radius 3 is 2.15 bits per heavy atom. The van der Waals surface area contributed by atoms with Gasteiger partial charge in [-0.05, 0) is 37.9 Å². The standard InChI is InChI=1S/C17H36O2Si/c1-8-9-10-11-12-16(14-13-15(2)18)19-20(6,7)17(3,4)5/h16H,8-14H2,1-7H3. The molecule has 1 unspecified atom stereocenters. The third-order valence-corrected chi connectivity index (χ3v) is 9.00. The lowest BCUT2D eigenvalue weighted by molar-refractivity contribution is -0.117. The maximum absolute atomic E-state index is 11.2. The third-order valence-electron chi connectivity index (χ3n) is 4.47. The van der Waals surface area contributed by atoms with Crippen LogP contribution in [0.25, 0.3) is 0 Å². The molecule has 0 aliphatic heterocycles. The number of hydrogen-bond acceptors (Lipinski definition) is 2. The van der Waals surface area contributed by atoms with E-state index in [4.69, 9.17) is 4.43 Å². The molecule has 0 spiro atoms. The molecule has 1 atom stereocenters. The van der Waals surface area contributed by atoms with E-state index in [0.29, 0.717) is 6.42 Å². The fourth-order valence-electron chi connectivity index (χ4n) is 2.02. The van der Waals surface area contributed by atoms with E-state index in [9.17, 15) is 4.79 Å². The Bertz CT molecular complexity index is 279. The summed E-state index contributed by atoms with van der Waals surface area (Å²) in [5.74, 6) is 0.280. The number of carbonyl (C=O) groups excluding carboxylic acids is 1. The van der Waals surface area contributed by atoms with Crippen LogP contribution in [-0.2, 0) is 9.22 Å². The Kier molecular flexibility index (Phi) is 8.92. The SMILES string of the molecule is CCCCCCC(CCC(C)=O)O[Si](C)(C)C(C)(C)C. The first-order valence-electron chi connectivity index (χ1n) is 8.27. The zero-order valence-electron chi connectivity index (χ0n) is 14.8. The summed E-state index contributed by atoms with van der Waals surface area (Å²) >= 11 is 0. The molecule has 2 nitrogen and oxygen atoms in total. The minimum Gasteiger partial charge on any atom is -0.414 e. The van der Waals surface area contributed by atoms with Crippen LogP contribution in [0.1, 0.15) is 79.6 Å². The topological polar surface area (TPSA) is 26.3 Å². The van der Waals surface area contributed by atoms with Crippen LogP contribution < -0.4 is 0 Å². The summed E-state index contributed by atoms with van der Waals surface area (Å²) in [6, 6.07) is 0. The van der Waals surface area contributed by atoms with Gasteiger partial charge in [0.15, 0.2) is 8.32 Å². The van der Waals surface area contributed by atoms with Crippen molar-refractivity contribution in [2.45, 2.75) is 104 Å². The van der Waals surface area contributed by atoms with E-state index in [-0.39, 0.29) is 16.9 Å². The van der Waals surface area contributed by atoms with Crippen LogP contribution in [0.5, 0.6) is 0 Å². The molecule has 0 bridgehead atoms. The van der Waals surface area contributed by atoms with E-state index in [2.05, 4.69) is 40.8 Å². The van der Waals surface area contributed by atoms with Crippen LogP contribution in [0.2, 0.25) is 18.1 Å². The highest BCUT2D eigenvalue weighted by Gasteiger charge is 2.38. The predicted molar refractivity (Wildman–Crippen MR) is 90.7 cm³/mol. The van der Waals surface area contributed by atoms with Crippen molar-refractivity contribution in [3.8, 4) is 0 Å². The van der Waals surface area contributed by atoms with E-state index in [0.717, 1.165) is 12.8 Å². The highest BCUT2D eigenvalue weighted by atomic mass is 28.4. The minimum atomic E-state index is -1.72. The average molecular weight is 301 g/mol. The molecular weight excluding hydrogens is 264 g/mol. The van der Waals surface area contributed by atoms with Gasteiger partial charge < -0.3 is 9.22 Å². The number of carbonyl (C=O) groups is 1. The molecule has 20 heavy (non-hydrogen) atoms. The highest BCUT2D eigenvalue weighted by Crippen LogP contribution is 2.38. The van der Waals surface area contributed by atoms with Gasteiger partial charge in [0.05, 0.1) is 0 Å². The molecule has 0 aromatic heterocycles. The monoisotopic (exact) mass is 300 g/mol. The Morgan fingerprint density at radius 1 is 1.10 bits per heavy atom. The largest absolute Gasteiger partial charge is 0.414 e. The van der Waals surface area contributed by atoms with Gasteiger partial charge in [-0.1, -0.05) is 53.4 Å². The van der Waals surface area contributed by atoms with Crippen LogP contribution in [0.3, 0.4) is 0 Å². The summed E-state index contributed by atoms with van der Waals surface area (Å²) in [5, 5.41) is 0.241. The summed E-state index contributed by atoms with van der Waals surface area (Å²) in [6.45, 7) is 15.4. The predicted octanol–water partition coefficient (Wildman–Crippen LogP) is 5.72. The fraction of sp³-hybridized carbons (Fsp3) is 0.941. The van der Waals surface area contributed by atoms with Crippen molar-refractivity contribution in [2.75, 3.05) is 0 Å². The second-order valence-corrected chi connectivity index (χ2v) is 12.3. The number of Topliss-reactive ketones (excluding diaryl/α,β-unsaturated/α-hetero) is 1. The molecule has 120 valence electrons. The van der Waals surface area contributed by atoms with Gasteiger partial charge in [0, 0.05) is 12.5 Å². The van der Waals surface area contributed by atoms with Crippen molar-refractivity contribution < 1.29 is 9.22 Å². The summed E-state index contributed by atoms with van der Waals surface area (Å²) in [4.78, 5) is 11.2. The molecule has 0 aliphatic carbocycles. The number of ketones is 1. The van der Waals surface area contributed by atoms with Crippen LogP contribution in [-0.4, -0.2) is 20.2 Å². The van der Waals surface area contributed by atoms with E-state index in [1.807, 2.05) is 0 Å². The highest BCUT2D eigenvalue weighted by molar-refractivity contribution is 6.74. The first kappa shape index (κ1) is 19.8.